The van der Waals surface area contributed by atoms with Gasteiger partial charge < -0.3 is 19.4 Å². The molecule has 7 nitrogen and oxygen atoms in total. The number of carbonyl (C=O) groups excluding carboxylic acids is 1. The van der Waals surface area contributed by atoms with Crippen LogP contribution in [-0.2, 0) is 4.79 Å². The molecule has 2 aliphatic heterocycles. The fourth-order valence-electron chi connectivity index (χ4n) is 4.96. The highest BCUT2D eigenvalue weighted by Gasteiger charge is 2.33. The van der Waals surface area contributed by atoms with Crippen LogP contribution in [0.2, 0.25) is 5.02 Å². The summed E-state index contributed by atoms with van der Waals surface area (Å²) in [6, 6.07) is 15.8. The third kappa shape index (κ3) is 5.30. The number of carbonyl (C=O) groups is 1. The van der Waals surface area contributed by atoms with Gasteiger partial charge in [-0.15, -0.1) is 0 Å². The second kappa shape index (κ2) is 10.7. The van der Waals surface area contributed by atoms with Crippen LogP contribution in [0.3, 0.4) is 0 Å². The van der Waals surface area contributed by atoms with Crippen LogP contribution in [0.15, 0.2) is 48.5 Å². The Morgan fingerprint density at radius 2 is 1.77 bits per heavy atom. The van der Waals surface area contributed by atoms with Crippen LogP contribution in [-0.4, -0.2) is 66.7 Å². The van der Waals surface area contributed by atoms with Gasteiger partial charge in [0.25, 0.3) is 5.88 Å². The third-order valence-corrected chi connectivity index (χ3v) is 7.03. The van der Waals surface area contributed by atoms with Crippen LogP contribution in [0.4, 0.5) is 11.5 Å². The summed E-state index contributed by atoms with van der Waals surface area (Å²) in [6.45, 7) is 7.24. The zero-order valence-corrected chi connectivity index (χ0v) is 21.0. The molecule has 3 aromatic rings. The normalized spacial score (nSPS) is 18.7. The summed E-state index contributed by atoms with van der Waals surface area (Å²) in [7, 11) is 0. The summed E-state index contributed by atoms with van der Waals surface area (Å²) in [4.78, 5) is 29.7. The van der Waals surface area contributed by atoms with Crippen LogP contribution in [0, 0.1) is 5.92 Å². The zero-order chi connectivity index (χ0) is 24.2. The van der Waals surface area contributed by atoms with E-state index >= 15 is 0 Å². The van der Waals surface area contributed by atoms with Crippen LogP contribution < -0.4 is 14.5 Å². The highest BCUT2D eigenvalue weighted by Crippen LogP contribution is 2.31. The molecule has 0 N–H and O–H groups in total. The minimum absolute atomic E-state index is 0.0474. The first-order valence-electron chi connectivity index (χ1n) is 12.6. The Hall–Kier alpha value is -3.06. The molecule has 8 heteroatoms. The lowest BCUT2D eigenvalue weighted by Gasteiger charge is -2.40. The molecule has 0 bridgehead atoms. The van der Waals surface area contributed by atoms with Gasteiger partial charge in [-0.2, -0.15) is 0 Å². The number of amides is 1. The lowest BCUT2D eigenvalue weighted by atomic mass is 9.96. The fourth-order valence-corrected chi connectivity index (χ4v) is 5.15. The van der Waals surface area contributed by atoms with Crippen molar-refractivity contribution in [3.8, 4) is 5.88 Å². The molecule has 0 aliphatic carbocycles. The van der Waals surface area contributed by atoms with Gasteiger partial charge in [0.1, 0.15) is 0 Å². The van der Waals surface area contributed by atoms with Gasteiger partial charge in [-0.1, -0.05) is 36.7 Å². The molecule has 0 spiro atoms. The van der Waals surface area contributed by atoms with Crippen molar-refractivity contribution in [3.63, 3.8) is 0 Å². The minimum Gasteiger partial charge on any atom is -0.475 e. The summed E-state index contributed by atoms with van der Waals surface area (Å²) in [5.41, 5.74) is 2.78. The van der Waals surface area contributed by atoms with Crippen molar-refractivity contribution in [2.24, 2.45) is 5.92 Å². The van der Waals surface area contributed by atoms with Crippen molar-refractivity contribution >= 4 is 40.0 Å². The number of hydrogen-bond acceptors (Lipinski definition) is 6. The Morgan fingerprint density at radius 1 is 1.00 bits per heavy atom. The molecule has 35 heavy (non-hydrogen) atoms. The molecule has 3 heterocycles. The first-order chi connectivity index (χ1) is 17.1. The predicted molar refractivity (Wildman–Crippen MR) is 141 cm³/mol. The van der Waals surface area contributed by atoms with Gasteiger partial charge in [-0.3, -0.25) is 4.79 Å². The largest absolute Gasteiger partial charge is 0.475 e. The molecule has 0 radical (unpaired) electrons. The van der Waals surface area contributed by atoms with Crippen molar-refractivity contribution in [3.05, 3.63) is 53.6 Å². The molecule has 1 aromatic heterocycles. The van der Waals surface area contributed by atoms with Gasteiger partial charge >= 0.3 is 0 Å². The van der Waals surface area contributed by atoms with E-state index in [4.69, 9.17) is 26.3 Å². The van der Waals surface area contributed by atoms with Crippen LogP contribution in [0.1, 0.15) is 26.2 Å². The average molecular weight is 494 g/mol. The molecule has 0 saturated carbocycles. The predicted octanol–water partition coefficient (Wildman–Crippen LogP) is 4.64. The van der Waals surface area contributed by atoms with Gasteiger partial charge in [-0.25, -0.2) is 9.97 Å². The summed E-state index contributed by atoms with van der Waals surface area (Å²) in [5, 5.41) is 0.738. The number of aromatic nitrogens is 2. The summed E-state index contributed by atoms with van der Waals surface area (Å²) >= 11 is 6.17. The number of nitrogens with zero attached hydrogens (tertiary/aromatic N) is 5. The third-order valence-electron chi connectivity index (χ3n) is 6.80. The lowest BCUT2D eigenvalue weighted by molar-refractivity contribution is -0.136. The number of fused-ring (bicyclic) bond motifs is 1. The molecular weight excluding hydrogens is 462 g/mol. The molecule has 184 valence electrons. The first-order valence-corrected chi connectivity index (χ1v) is 12.9. The van der Waals surface area contributed by atoms with Gasteiger partial charge in [0.15, 0.2) is 5.82 Å². The van der Waals surface area contributed by atoms with E-state index < -0.39 is 0 Å². The van der Waals surface area contributed by atoms with Gasteiger partial charge in [0.05, 0.1) is 23.6 Å². The second-order valence-electron chi connectivity index (χ2n) is 9.27. The van der Waals surface area contributed by atoms with E-state index in [1.807, 2.05) is 47.4 Å². The SMILES string of the molecule is CCCOc1nc2ccccc2nc1N1CCC[C@@H](C(=O)N2CCN(c3cccc(Cl)c3)CC2)C1. The second-order valence-corrected chi connectivity index (χ2v) is 9.70. The van der Waals surface area contributed by atoms with Crippen molar-refractivity contribution in [1.82, 2.24) is 14.9 Å². The van der Waals surface area contributed by atoms with Crippen LogP contribution in [0.5, 0.6) is 5.88 Å². The number of ether oxygens (including phenoxy) is 1. The Bertz CT molecular complexity index is 1180. The number of piperidine rings is 1. The zero-order valence-electron chi connectivity index (χ0n) is 20.2. The van der Waals surface area contributed by atoms with E-state index in [1.54, 1.807) is 0 Å². The molecule has 0 unspecified atom stereocenters. The maximum absolute atomic E-state index is 13.5. The maximum Gasteiger partial charge on any atom is 0.258 e. The topological polar surface area (TPSA) is 61.8 Å². The Kier molecular flexibility index (Phi) is 7.23. The number of anilines is 2. The standard InChI is InChI=1S/C27H32ClN5O2/c1-2-17-35-26-25(29-23-10-3-4-11-24(23)30-26)33-12-6-7-20(19-33)27(34)32-15-13-31(14-16-32)22-9-5-8-21(28)18-22/h3-5,8-11,18,20H,2,6-7,12-17,19H2,1H3/t20-/m1/s1. The molecule has 1 atom stereocenters. The highest BCUT2D eigenvalue weighted by atomic mass is 35.5. The Balaban J connectivity index is 1.28. The highest BCUT2D eigenvalue weighted by molar-refractivity contribution is 6.30. The molecule has 2 saturated heterocycles. The van der Waals surface area contributed by atoms with E-state index in [9.17, 15) is 4.79 Å². The number of benzene rings is 2. The molecule has 2 aliphatic rings. The molecule has 1 amide bonds. The number of para-hydroxylation sites is 2. The van der Waals surface area contributed by atoms with Crippen molar-refractivity contribution in [1.29, 1.82) is 0 Å². The van der Waals surface area contributed by atoms with E-state index in [-0.39, 0.29) is 11.8 Å². The number of rotatable bonds is 6. The summed E-state index contributed by atoms with van der Waals surface area (Å²) in [6.07, 6.45) is 2.74. The quantitative estimate of drug-likeness (QED) is 0.498. The van der Waals surface area contributed by atoms with E-state index in [0.717, 1.165) is 79.5 Å². The number of halogens is 1. The number of piperazine rings is 1. The van der Waals surface area contributed by atoms with Crippen molar-refractivity contribution < 1.29 is 9.53 Å². The Morgan fingerprint density at radius 3 is 2.51 bits per heavy atom. The van der Waals surface area contributed by atoms with E-state index in [2.05, 4.69) is 22.8 Å². The van der Waals surface area contributed by atoms with Crippen LogP contribution >= 0.6 is 11.6 Å². The van der Waals surface area contributed by atoms with E-state index in [0.29, 0.717) is 19.0 Å². The fraction of sp³-hybridized carbons (Fsp3) is 0.444. The first kappa shape index (κ1) is 23.7. The Labute approximate surface area is 211 Å². The number of hydrogen-bond donors (Lipinski definition) is 0. The molecular formula is C27H32ClN5O2. The maximum atomic E-state index is 13.5. The smallest absolute Gasteiger partial charge is 0.258 e. The van der Waals surface area contributed by atoms with Gasteiger partial charge in [0, 0.05) is 50.0 Å². The molecule has 2 aromatic carbocycles. The molecule has 5 rings (SSSR count). The van der Waals surface area contributed by atoms with E-state index in [1.165, 1.54) is 0 Å². The van der Waals surface area contributed by atoms with Crippen molar-refractivity contribution in [2.45, 2.75) is 26.2 Å². The summed E-state index contributed by atoms with van der Waals surface area (Å²) < 4.78 is 6.00. The van der Waals surface area contributed by atoms with Crippen molar-refractivity contribution in [2.75, 3.05) is 55.7 Å². The molecule has 2 fully saturated rings. The van der Waals surface area contributed by atoms with Gasteiger partial charge in [0.2, 0.25) is 5.91 Å². The lowest BCUT2D eigenvalue weighted by Crippen LogP contribution is -2.52. The summed E-state index contributed by atoms with van der Waals surface area (Å²) in [5.74, 6) is 1.51. The van der Waals surface area contributed by atoms with Crippen LogP contribution in [0.25, 0.3) is 11.0 Å². The average Bonchev–Trinajstić information content (AvgIpc) is 2.91. The minimum atomic E-state index is -0.0474. The monoisotopic (exact) mass is 493 g/mol. The van der Waals surface area contributed by atoms with Gasteiger partial charge in [-0.05, 0) is 49.6 Å².